The van der Waals surface area contributed by atoms with Gasteiger partial charge in [0.15, 0.2) is 0 Å². The topological polar surface area (TPSA) is 60.8 Å². The van der Waals surface area contributed by atoms with Crippen molar-refractivity contribution in [1.29, 1.82) is 0 Å². The summed E-state index contributed by atoms with van der Waals surface area (Å²) < 4.78 is 0. The first-order chi connectivity index (χ1) is 10.6. The van der Waals surface area contributed by atoms with Crippen LogP contribution in [-0.4, -0.2) is 46.3 Å². The Kier molecular flexibility index (Phi) is 6.40. The summed E-state index contributed by atoms with van der Waals surface area (Å²) in [7, 11) is 2.10. The minimum atomic E-state index is -0.712. The van der Waals surface area contributed by atoms with Crippen LogP contribution in [0.15, 0.2) is 30.3 Å². The third kappa shape index (κ3) is 4.82. The van der Waals surface area contributed by atoms with Crippen molar-refractivity contribution in [2.45, 2.75) is 63.1 Å². The van der Waals surface area contributed by atoms with Gasteiger partial charge in [-0.05, 0) is 38.3 Å². The molecule has 2 N–H and O–H groups in total. The molecular formula is C18H27NO3. The van der Waals surface area contributed by atoms with Crippen molar-refractivity contribution in [2.75, 3.05) is 7.05 Å². The molecule has 1 aliphatic heterocycles. The Morgan fingerprint density at radius 2 is 1.95 bits per heavy atom. The Bertz CT molecular complexity index is 463. The van der Waals surface area contributed by atoms with E-state index < -0.39 is 5.97 Å². The Morgan fingerprint density at radius 1 is 1.23 bits per heavy atom. The first kappa shape index (κ1) is 17.0. The van der Waals surface area contributed by atoms with Crippen LogP contribution < -0.4 is 0 Å². The number of aliphatic carboxylic acids is 1. The summed E-state index contributed by atoms with van der Waals surface area (Å²) in [4.78, 5) is 12.8. The molecule has 0 bridgehead atoms. The third-order valence-corrected chi connectivity index (χ3v) is 4.77. The van der Waals surface area contributed by atoms with Gasteiger partial charge in [0.25, 0.3) is 0 Å². The molecule has 1 aromatic rings. The number of hydrogen-bond donors (Lipinski definition) is 2. The van der Waals surface area contributed by atoms with Crippen molar-refractivity contribution < 1.29 is 15.0 Å². The second-order valence-electron chi connectivity index (χ2n) is 6.37. The van der Waals surface area contributed by atoms with Gasteiger partial charge >= 0.3 is 5.97 Å². The zero-order valence-electron chi connectivity index (χ0n) is 13.3. The fraction of sp³-hybridized carbons (Fsp3) is 0.611. The third-order valence-electron chi connectivity index (χ3n) is 4.77. The fourth-order valence-corrected chi connectivity index (χ4v) is 3.43. The number of carboxylic acid groups (broad SMARTS) is 1. The number of carboxylic acids is 1. The van der Waals surface area contributed by atoms with Crippen LogP contribution in [0.2, 0.25) is 0 Å². The smallest absolute Gasteiger partial charge is 0.303 e. The monoisotopic (exact) mass is 305 g/mol. The van der Waals surface area contributed by atoms with E-state index in [9.17, 15) is 9.90 Å². The summed E-state index contributed by atoms with van der Waals surface area (Å²) in [5.41, 5.74) is 1.26. The van der Waals surface area contributed by atoms with E-state index in [1.165, 1.54) is 5.56 Å². The highest BCUT2D eigenvalue weighted by atomic mass is 16.4. The van der Waals surface area contributed by atoms with Crippen LogP contribution in [0.5, 0.6) is 0 Å². The van der Waals surface area contributed by atoms with Crippen LogP contribution in [0.4, 0.5) is 0 Å². The van der Waals surface area contributed by atoms with Crippen LogP contribution in [0, 0.1) is 0 Å². The van der Waals surface area contributed by atoms with Gasteiger partial charge in [0.05, 0.1) is 6.10 Å². The number of rotatable bonds is 8. The average molecular weight is 305 g/mol. The van der Waals surface area contributed by atoms with E-state index in [0.29, 0.717) is 6.04 Å². The standard InChI is InChI=1S/C18H27NO3/c1-19-15(10-6-3-7-11-18(21)22)13-17(20)16(19)12-14-8-4-2-5-9-14/h2,4-5,8-9,15-17,20H,3,6-7,10-13H2,1H3,(H,21,22)/t15-,16+,17+/m1/s1. The van der Waals surface area contributed by atoms with Gasteiger partial charge < -0.3 is 10.2 Å². The molecule has 22 heavy (non-hydrogen) atoms. The van der Waals surface area contributed by atoms with E-state index in [-0.39, 0.29) is 18.6 Å². The Balaban J connectivity index is 1.77. The Hall–Kier alpha value is -1.39. The zero-order valence-corrected chi connectivity index (χ0v) is 13.3. The maximum atomic E-state index is 10.5. The molecule has 1 aromatic carbocycles. The molecule has 122 valence electrons. The average Bonchev–Trinajstić information content (AvgIpc) is 2.75. The van der Waals surface area contributed by atoms with Crippen molar-refractivity contribution in [1.82, 2.24) is 4.90 Å². The maximum absolute atomic E-state index is 10.5. The van der Waals surface area contributed by atoms with E-state index in [1.54, 1.807) is 0 Å². The summed E-state index contributed by atoms with van der Waals surface area (Å²) >= 11 is 0. The van der Waals surface area contributed by atoms with Crippen molar-refractivity contribution in [3.63, 3.8) is 0 Å². The Morgan fingerprint density at radius 3 is 2.64 bits per heavy atom. The van der Waals surface area contributed by atoms with E-state index >= 15 is 0 Å². The lowest BCUT2D eigenvalue weighted by atomic mass is 10.0. The minimum absolute atomic E-state index is 0.186. The van der Waals surface area contributed by atoms with Crippen molar-refractivity contribution >= 4 is 5.97 Å². The molecule has 0 radical (unpaired) electrons. The van der Waals surface area contributed by atoms with Crippen molar-refractivity contribution in [3.05, 3.63) is 35.9 Å². The van der Waals surface area contributed by atoms with Crippen LogP contribution >= 0.6 is 0 Å². The number of benzene rings is 1. The number of aliphatic hydroxyl groups is 1. The van der Waals surface area contributed by atoms with Crippen LogP contribution in [-0.2, 0) is 11.2 Å². The lowest BCUT2D eigenvalue weighted by molar-refractivity contribution is -0.137. The molecule has 2 rings (SSSR count). The maximum Gasteiger partial charge on any atom is 0.303 e. The minimum Gasteiger partial charge on any atom is -0.481 e. The summed E-state index contributed by atoms with van der Waals surface area (Å²) in [6.45, 7) is 0. The van der Waals surface area contributed by atoms with Gasteiger partial charge in [-0.25, -0.2) is 0 Å². The number of likely N-dealkylation sites (N-methyl/N-ethyl adjacent to an activating group) is 1. The molecule has 4 nitrogen and oxygen atoms in total. The molecule has 0 saturated carbocycles. The van der Waals surface area contributed by atoms with Crippen LogP contribution in [0.3, 0.4) is 0 Å². The molecule has 0 aliphatic carbocycles. The molecule has 0 spiro atoms. The molecule has 1 aliphatic rings. The van der Waals surface area contributed by atoms with Gasteiger partial charge in [-0.1, -0.05) is 43.2 Å². The lowest BCUT2D eigenvalue weighted by Crippen LogP contribution is -2.37. The van der Waals surface area contributed by atoms with Crippen LogP contribution in [0.1, 0.15) is 44.1 Å². The van der Waals surface area contributed by atoms with E-state index in [2.05, 4.69) is 24.1 Å². The van der Waals surface area contributed by atoms with Crippen molar-refractivity contribution in [3.8, 4) is 0 Å². The summed E-state index contributed by atoms with van der Waals surface area (Å²) in [6.07, 6.45) is 5.48. The highest BCUT2D eigenvalue weighted by molar-refractivity contribution is 5.66. The predicted octanol–water partition coefficient (Wildman–Crippen LogP) is 2.70. The molecule has 1 saturated heterocycles. The molecule has 4 heteroatoms. The molecule has 3 atom stereocenters. The van der Waals surface area contributed by atoms with Crippen molar-refractivity contribution in [2.24, 2.45) is 0 Å². The lowest BCUT2D eigenvalue weighted by Gasteiger charge is -2.26. The first-order valence-corrected chi connectivity index (χ1v) is 8.23. The van der Waals surface area contributed by atoms with Crippen LogP contribution in [0.25, 0.3) is 0 Å². The number of nitrogens with zero attached hydrogens (tertiary/aromatic N) is 1. The fourth-order valence-electron chi connectivity index (χ4n) is 3.43. The first-order valence-electron chi connectivity index (χ1n) is 8.23. The molecule has 0 amide bonds. The predicted molar refractivity (Wildman–Crippen MR) is 86.8 cm³/mol. The quantitative estimate of drug-likeness (QED) is 0.725. The summed E-state index contributed by atoms with van der Waals surface area (Å²) in [6, 6.07) is 10.9. The number of likely N-dealkylation sites (tertiary alicyclic amines) is 1. The SMILES string of the molecule is CN1[C@H](CCCCCC(=O)O)C[C@H](O)[C@@H]1Cc1ccccc1. The largest absolute Gasteiger partial charge is 0.481 e. The summed E-state index contributed by atoms with van der Waals surface area (Å²) in [5, 5.41) is 19.0. The number of carbonyl (C=O) groups is 1. The van der Waals surface area contributed by atoms with Gasteiger partial charge in [0, 0.05) is 18.5 Å². The summed E-state index contributed by atoms with van der Waals surface area (Å²) in [5.74, 6) is -0.712. The highest BCUT2D eigenvalue weighted by Gasteiger charge is 2.37. The molecule has 1 heterocycles. The molecule has 0 unspecified atom stereocenters. The van der Waals surface area contributed by atoms with E-state index in [1.807, 2.05) is 18.2 Å². The van der Waals surface area contributed by atoms with E-state index in [0.717, 1.165) is 38.5 Å². The highest BCUT2D eigenvalue weighted by Crippen LogP contribution is 2.28. The van der Waals surface area contributed by atoms with Gasteiger partial charge in [0.2, 0.25) is 0 Å². The molecule has 1 fully saturated rings. The zero-order chi connectivity index (χ0) is 15.9. The van der Waals surface area contributed by atoms with E-state index in [4.69, 9.17) is 5.11 Å². The number of hydrogen-bond acceptors (Lipinski definition) is 3. The number of unbranched alkanes of at least 4 members (excludes halogenated alkanes) is 2. The van der Waals surface area contributed by atoms with Gasteiger partial charge in [-0.15, -0.1) is 0 Å². The van der Waals surface area contributed by atoms with Gasteiger partial charge in [-0.2, -0.15) is 0 Å². The Labute approximate surface area is 132 Å². The molecule has 0 aromatic heterocycles. The van der Waals surface area contributed by atoms with Gasteiger partial charge in [0.1, 0.15) is 0 Å². The number of aliphatic hydroxyl groups excluding tert-OH is 1. The van der Waals surface area contributed by atoms with Gasteiger partial charge in [-0.3, -0.25) is 9.69 Å². The normalized spacial score (nSPS) is 25.5. The second kappa shape index (κ2) is 8.30. The second-order valence-corrected chi connectivity index (χ2v) is 6.37. The molecular weight excluding hydrogens is 278 g/mol.